The zero-order valence-electron chi connectivity index (χ0n) is 18.1. The van der Waals surface area contributed by atoms with E-state index < -0.39 is 0 Å². The molecule has 0 bridgehead atoms. The Morgan fingerprint density at radius 2 is 1.86 bits per heavy atom. The Labute approximate surface area is 192 Å². The lowest BCUT2D eigenvalue weighted by molar-refractivity contribution is 0.0827. The van der Waals surface area contributed by atoms with Crippen molar-refractivity contribution in [1.29, 1.82) is 0 Å². The van der Waals surface area contributed by atoms with Crippen molar-refractivity contribution in [3.63, 3.8) is 0 Å². The first kappa shape index (κ1) is 25.6. The average Bonchev–Trinajstić information content (AvgIpc) is 2.73. The minimum absolute atomic E-state index is 0. The number of aliphatic imine (C=N–C) groups is 1. The zero-order chi connectivity index (χ0) is 20.4. The standard InChI is InChI=1S/C21H35N5O2.HI/c1-22-21(24-16-18-9-11-26(12-10-18)13-14-28-4)23-15-17-5-7-19(8-6-17)20(27)25(2)3;/h5-8,18H,9-16H2,1-4H3,(H2,22,23,24);1H. The molecule has 0 spiro atoms. The van der Waals surface area contributed by atoms with Gasteiger partial charge in [0.1, 0.15) is 0 Å². The van der Waals surface area contributed by atoms with Crippen LogP contribution in [0.3, 0.4) is 0 Å². The Kier molecular flexibility index (Phi) is 12.2. The molecule has 1 saturated heterocycles. The largest absolute Gasteiger partial charge is 0.383 e. The van der Waals surface area contributed by atoms with Crippen molar-refractivity contribution in [2.75, 3.05) is 61.0 Å². The smallest absolute Gasteiger partial charge is 0.253 e. The summed E-state index contributed by atoms with van der Waals surface area (Å²) < 4.78 is 5.16. The van der Waals surface area contributed by atoms with Crippen LogP contribution in [0.5, 0.6) is 0 Å². The molecule has 164 valence electrons. The lowest BCUT2D eigenvalue weighted by Crippen LogP contribution is -2.43. The molecule has 1 heterocycles. The number of piperidine rings is 1. The monoisotopic (exact) mass is 517 g/mol. The fourth-order valence-corrected chi connectivity index (χ4v) is 3.31. The molecule has 0 aromatic heterocycles. The number of likely N-dealkylation sites (tertiary alicyclic amines) is 1. The summed E-state index contributed by atoms with van der Waals surface area (Å²) in [6, 6.07) is 7.69. The van der Waals surface area contributed by atoms with Gasteiger partial charge in [-0.1, -0.05) is 12.1 Å². The summed E-state index contributed by atoms with van der Waals surface area (Å²) in [7, 11) is 7.07. The number of guanidine groups is 1. The van der Waals surface area contributed by atoms with Gasteiger partial charge in [-0.25, -0.2) is 0 Å². The molecule has 0 radical (unpaired) electrons. The van der Waals surface area contributed by atoms with E-state index in [0.717, 1.165) is 44.3 Å². The van der Waals surface area contributed by atoms with E-state index in [1.165, 1.54) is 12.8 Å². The van der Waals surface area contributed by atoms with E-state index in [0.29, 0.717) is 18.0 Å². The van der Waals surface area contributed by atoms with Gasteiger partial charge in [0.25, 0.3) is 5.91 Å². The van der Waals surface area contributed by atoms with Crippen LogP contribution in [0.1, 0.15) is 28.8 Å². The lowest BCUT2D eigenvalue weighted by atomic mass is 9.97. The molecule has 8 heteroatoms. The second kappa shape index (κ2) is 13.8. The number of carbonyl (C=O) groups is 1. The normalized spacial score (nSPS) is 15.5. The highest BCUT2D eigenvalue weighted by Gasteiger charge is 2.19. The Bertz CT molecular complexity index is 628. The number of halogens is 1. The zero-order valence-corrected chi connectivity index (χ0v) is 20.4. The van der Waals surface area contributed by atoms with Crippen molar-refractivity contribution in [2.24, 2.45) is 10.9 Å². The highest BCUT2D eigenvalue weighted by atomic mass is 127. The molecule has 7 nitrogen and oxygen atoms in total. The van der Waals surface area contributed by atoms with Crippen molar-refractivity contribution < 1.29 is 9.53 Å². The predicted molar refractivity (Wildman–Crippen MR) is 129 cm³/mol. The Morgan fingerprint density at radius 1 is 1.21 bits per heavy atom. The van der Waals surface area contributed by atoms with E-state index in [1.807, 2.05) is 24.3 Å². The highest BCUT2D eigenvalue weighted by molar-refractivity contribution is 14.0. The quantitative estimate of drug-likeness (QED) is 0.314. The molecule has 1 aromatic carbocycles. The Morgan fingerprint density at radius 3 is 2.41 bits per heavy atom. The Hall–Kier alpha value is -1.39. The fraction of sp³-hybridized carbons (Fsp3) is 0.619. The Balaban J connectivity index is 0.00000420. The van der Waals surface area contributed by atoms with Crippen LogP contribution >= 0.6 is 24.0 Å². The SMILES string of the molecule is CN=C(NCc1ccc(C(=O)N(C)C)cc1)NCC1CCN(CCOC)CC1.I. The van der Waals surface area contributed by atoms with Crippen LogP contribution in [-0.4, -0.2) is 82.7 Å². The van der Waals surface area contributed by atoms with Gasteiger partial charge in [-0.15, -0.1) is 24.0 Å². The second-order valence-corrected chi connectivity index (χ2v) is 7.48. The third-order valence-corrected chi connectivity index (χ3v) is 5.17. The second-order valence-electron chi connectivity index (χ2n) is 7.48. The number of carbonyl (C=O) groups excluding carboxylic acids is 1. The molecule has 1 aliphatic rings. The van der Waals surface area contributed by atoms with Crippen molar-refractivity contribution >= 4 is 35.8 Å². The van der Waals surface area contributed by atoms with Gasteiger partial charge in [0.2, 0.25) is 0 Å². The van der Waals surface area contributed by atoms with Gasteiger partial charge in [0, 0.05) is 53.5 Å². The van der Waals surface area contributed by atoms with Crippen LogP contribution in [0.15, 0.2) is 29.3 Å². The van der Waals surface area contributed by atoms with Gasteiger partial charge in [-0.05, 0) is 49.5 Å². The molecule has 1 aliphatic heterocycles. The maximum Gasteiger partial charge on any atom is 0.253 e. The number of nitrogens with zero attached hydrogens (tertiary/aromatic N) is 3. The fourth-order valence-electron chi connectivity index (χ4n) is 3.31. The van der Waals surface area contributed by atoms with Gasteiger partial charge in [0.15, 0.2) is 5.96 Å². The van der Waals surface area contributed by atoms with Crippen LogP contribution in [0.2, 0.25) is 0 Å². The molecule has 2 rings (SSSR count). The maximum atomic E-state index is 11.9. The predicted octanol–water partition coefficient (Wildman–Crippen LogP) is 2.03. The lowest BCUT2D eigenvalue weighted by Gasteiger charge is -2.32. The van der Waals surface area contributed by atoms with E-state index in [4.69, 9.17) is 4.74 Å². The van der Waals surface area contributed by atoms with E-state index in [1.54, 1.807) is 33.2 Å². The summed E-state index contributed by atoms with van der Waals surface area (Å²) in [6.45, 7) is 5.72. The number of amides is 1. The van der Waals surface area contributed by atoms with Gasteiger partial charge >= 0.3 is 0 Å². The number of ether oxygens (including phenoxy) is 1. The highest BCUT2D eigenvalue weighted by Crippen LogP contribution is 2.16. The van der Waals surface area contributed by atoms with Crippen molar-refractivity contribution in [3.05, 3.63) is 35.4 Å². The molecule has 0 atom stereocenters. The van der Waals surface area contributed by atoms with Gasteiger partial charge in [0.05, 0.1) is 6.61 Å². The van der Waals surface area contributed by atoms with E-state index in [-0.39, 0.29) is 29.9 Å². The molecule has 0 unspecified atom stereocenters. The van der Waals surface area contributed by atoms with Crippen molar-refractivity contribution in [2.45, 2.75) is 19.4 Å². The topological polar surface area (TPSA) is 69.2 Å². The van der Waals surface area contributed by atoms with E-state index in [2.05, 4.69) is 20.5 Å². The summed E-state index contributed by atoms with van der Waals surface area (Å²) in [5.74, 6) is 1.51. The van der Waals surface area contributed by atoms with E-state index in [9.17, 15) is 4.79 Å². The van der Waals surface area contributed by atoms with Crippen LogP contribution in [0.4, 0.5) is 0 Å². The number of benzene rings is 1. The molecular weight excluding hydrogens is 481 g/mol. The molecule has 29 heavy (non-hydrogen) atoms. The van der Waals surface area contributed by atoms with Crippen LogP contribution < -0.4 is 10.6 Å². The minimum Gasteiger partial charge on any atom is -0.383 e. The molecule has 1 fully saturated rings. The molecule has 2 N–H and O–H groups in total. The summed E-state index contributed by atoms with van der Waals surface area (Å²) in [6.07, 6.45) is 2.41. The van der Waals surface area contributed by atoms with E-state index >= 15 is 0 Å². The minimum atomic E-state index is 0. The van der Waals surface area contributed by atoms with Gasteiger partial charge < -0.3 is 25.2 Å². The summed E-state index contributed by atoms with van der Waals surface area (Å²) in [5.41, 5.74) is 1.82. The third-order valence-electron chi connectivity index (χ3n) is 5.17. The molecule has 0 aliphatic carbocycles. The number of methoxy groups -OCH3 is 1. The number of rotatable bonds is 8. The van der Waals surface area contributed by atoms with Crippen molar-refractivity contribution in [3.8, 4) is 0 Å². The van der Waals surface area contributed by atoms with Gasteiger partial charge in [-0.2, -0.15) is 0 Å². The first-order chi connectivity index (χ1) is 13.5. The summed E-state index contributed by atoms with van der Waals surface area (Å²) in [5, 5.41) is 6.80. The average molecular weight is 517 g/mol. The number of hydrogen-bond acceptors (Lipinski definition) is 4. The molecular formula is C21H36IN5O2. The maximum absolute atomic E-state index is 11.9. The number of nitrogens with one attached hydrogen (secondary N) is 2. The molecule has 1 aromatic rings. The first-order valence-corrected chi connectivity index (χ1v) is 10.00. The first-order valence-electron chi connectivity index (χ1n) is 10.00. The molecule has 0 saturated carbocycles. The molecule has 1 amide bonds. The summed E-state index contributed by atoms with van der Waals surface area (Å²) >= 11 is 0. The van der Waals surface area contributed by atoms with Crippen LogP contribution in [-0.2, 0) is 11.3 Å². The van der Waals surface area contributed by atoms with Crippen LogP contribution in [0.25, 0.3) is 0 Å². The number of hydrogen-bond donors (Lipinski definition) is 2. The summed E-state index contributed by atoms with van der Waals surface area (Å²) in [4.78, 5) is 20.3. The van der Waals surface area contributed by atoms with Crippen molar-refractivity contribution in [1.82, 2.24) is 20.4 Å². The third kappa shape index (κ3) is 8.88. The van der Waals surface area contributed by atoms with Gasteiger partial charge in [-0.3, -0.25) is 9.79 Å². The van der Waals surface area contributed by atoms with Crippen LogP contribution in [0, 0.1) is 5.92 Å².